The third-order valence-corrected chi connectivity index (χ3v) is 2.65. The lowest BCUT2D eigenvalue weighted by molar-refractivity contribution is 0.554. The highest BCUT2D eigenvalue weighted by Crippen LogP contribution is 2.17. The van der Waals surface area contributed by atoms with Crippen LogP contribution in [-0.4, -0.2) is 12.6 Å². The summed E-state index contributed by atoms with van der Waals surface area (Å²) in [6, 6.07) is 0.667. The number of hydrogen-bond acceptors (Lipinski definition) is 1. The third-order valence-electron chi connectivity index (χ3n) is 2.03. The fourth-order valence-corrected chi connectivity index (χ4v) is 1.56. The summed E-state index contributed by atoms with van der Waals surface area (Å²) in [5.41, 5.74) is 1.42. The molecule has 1 fully saturated rings. The van der Waals surface area contributed by atoms with Crippen molar-refractivity contribution in [3.05, 3.63) is 10.6 Å². The van der Waals surface area contributed by atoms with Gasteiger partial charge in [0.1, 0.15) is 0 Å². The minimum atomic E-state index is 0.667. The van der Waals surface area contributed by atoms with Crippen molar-refractivity contribution < 1.29 is 0 Å². The van der Waals surface area contributed by atoms with Crippen molar-refractivity contribution in [2.75, 3.05) is 6.54 Å². The van der Waals surface area contributed by atoms with Crippen LogP contribution in [0.1, 0.15) is 25.7 Å². The van der Waals surface area contributed by atoms with Crippen molar-refractivity contribution in [1.29, 1.82) is 0 Å². The molecule has 64 valence electrons. The maximum Gasteiger partial charge on any atom is 0.0431 e. The van der Waals surface area contributed by atoms with Gasteiger partial charge in [-0.25, -0.2) is 0 Å². The predicted octanol–water partition coefficient (Wildman–Crippen LogP) is 2.84. The van der Waals surface area contributed by atoms with Gasteiger partial charge in [-0.05, 0) is 12.8 Å². The number of halogens is 2. The molecule has 3 heteroatoms. The van der Waals surface area contributed by atoms with E-state index in [-0.39, 0.29) is 0 Å². The van der Waals surface area contributed by atoms with E-state index >= 15 is 0 Å². The van der Waals surface area contributed by atoms with E-state index in [9.17, 15) is 0 Å². The van der Waals surface area contributed by atoms with Gasteiger partial charge < -0.3 is 5.32 Å². The number of hydrogen-bond donors (Lipinski definition) is 1. The summed E-state index contributed by atoms with van der Waals surface area (Å²) in [7, 11) is 0. The van der Waals surface area contributed by atoms with Gasteiger partial charge in [0.25, 0.3) is 0 Å². The van der Waals surface area contributed by atoms with Crippen LogP contribution in [0.25, 0.3) is 0 Å². The minimum absolute atomic E-state index is 0.667. The lowest BCUT2D eigenvalue weighted by atomic mass is 10.2. The molecule has 0 aliphatic heterocycles. The van der Waals surface area contributed by atoms with Gasteiger partial charge in [0.2, 0.25) is 0 Å². The van der Waals surface area contributed by atoms with Gasteiger partial charge in [0.05, 0.1) is 0 Å². The molecule has 0 heterocycles. The van der Waals surface area contributed by atoms with Crippen molar-refractivity contribution in [1.82, 2.24) is 5.32 Å². The van der Waals surface area contributed by atoms with Crippen LogP contribution < -0.4 is 5.32 Å². The highest BCUT2D eigenvalue weighted by molar-refractivity contribution is 6.36. The Bertz CT molecular complexity index is 139. The standard InChI is InChI=1S/C8H13Cl2N/c9-5-7(10)6-11-8-3-1-2-4-8/h5,8,11H,1-4,6H2. The van der Waals surface area contributed by atoms with Crippen molar-refractivity contribution in [3.8, 4) is 0 Å². The first-order valence-electron chi connectivity index (χ1n) is 4.01. The number of nitrogens with one attached hydrogen (secondary N) is 1. The van der Waals surface area contributed by atoms with Gasteiger partial charge in [-0.1, -0.05) is 36.0 Å². The van der Waals surface area contributed by atoms with Gasteiger partial charge in [0, 0.05) is 23.2 Å². The summed E-state index contributed by atoms with van der Waals surface area (Å²) in [6.07, 6.45) is 5.26. The molecule has 0 radical (unpaired) electrons. The molecule has 1 nitrogen and oxygen atoms in total. The largest absolute Gasteiger partial charge is 0.309 e. The summed E-state index contributed by atoms with van der Waals surface area (Å²) in [6.45, 7) is 0.718. The lowest BCUT2D eigenvalue weighted by Crippen LogP contribution is -2.26. The SMILES string of the molecule is ClC=C(Cl)CNC1CCCC1. The molecule has 0 unspecified atom stereocenters. The van der Waals surface area contributed by atoms with Crippen LogP contribution in [0.5, 0.6) is 0 Å². The van der Waals surface area contributed by atoms with Crippen LogP contribution in [0.15, 0.2) is 10.6 Å². The monoisotopic (exact) mass is 193 g/mol. The van der Waals surface area contributed by atoms with Crippen LogP contribution in [0.2, 0.25) is 0 Å². The van der Waals surface area contributed by atoms with E-state index in [4.69, 9.17) is 23.2 Å². The molecule has 0 aromatic rings. The molecule has 0 amide bonds. The zero-order valence-electron chi connectivity index (χ0n) is 6.45. The fraction of sp³-hybridized carbons (Fsp3) is 0.750. The topological polar surface area (TPSA) is 12.0 Å². The summed E-state index contributed by atoms with van der Waals surface area (Å²) in [4.78, 5) is 0. The molecule has 1 aliphatic rings. The molecular formula is C8H13Cl2N. The highest BCUT2D eigenvalue weighted by atomic mass is 35.5. The average molecular weight is 194 g/mol. The van der Waals surface area contributed by atoms with Gasteiger partial charge in [-0.15, -0.1) is 0 Å². The van der Waals surface area contributed by atoms with E-state index in [2.05, 4.69) is 5.32 Å². The second kappa shape index (κ2) is 5.02. The van der Waals surface area contributed by atoms with E-state index < -0.39 is 0 Å². The molecule has 0 bridgehead atoms. The summed E-state index contributed by atoms with van der Waals surface area (Å²) in [5.74, 6) is 0. The quantitative estimate of drug-likeness (QED) is 0.728. The number of rotatable bonds is 3. The van der Waals surface area contributed by atoms with Gasteiger partial charge in [-0.3, -0.25) is 0 Å². The summed E-state index contributed by atoms with van der Waals surface area (Å²) >= 11 is 11.1. The van der Waals surface area contributed by atoms with Gasteiger partial charge >= 0.3 is 0 Å². The van der Waals surface area contributed by atoms with E-state index in [1.165, 1.54) is 31.2 Å². The van der Waals surface area contributed by atoms with Crippen molar-refractivity contribution >= 4 is 23.2 Å². The third kappa shape index (κ3) is 3.46. The Morgan fingerprint density at radius 3 is 2.64 bits per heavy atom. The molecule has 0 aromatic heterocycles. The zero-order chi connectivity index (χ0) is 8.10. The molecular weight excluding hydrogens is 181 g/mol. The first kappa shape index (κ1) is 9.37. The zero-order valence-corrected chi connectivity index (χ0v) is 7.96. The Kier molecular flexibility index (Phi) is 4.28. The molecule has 0 aromatic carbocycles. The Morgan fingerprint density at radius 2 is 2.09 bits per heavy atom. The van der Waals surface area contributed by atoms with E-state index in [1.807, 2.05) is 0 Å². The molecule has 0 saturated heterocycles. The molecule has 11 heavy (non-hydrogen) atoms. The van der Waals surface area contributed by atoms with Crippen molar-refractivity contribution in [3.63, 3.8) is 0 Å². The Labute approximate surface area is 77.8 Å². The first-order valence-corrected chi connectivity index (χ1v) is 4.82. The van der Waals surface area contributed by atoms with Crippen LogP contribution in [0, 0.1) is 0 Å². The van der Waals surface area contributed by atoms with Crippen molar-refractivity contribution in [2.45, 2.75) is 31.7 Å². The van der Waals surface area contributed by atoms with E-state index in [0.29, 0.717) is 11.1 Å². The molecule has 1 aliphatic carbocycles. The normalized spacial score (nSPS) is 21.1. The Morgan fingerprint density at radius 1 is 1.45 bits per heavy atom. The predicted molar refractivity (Wildman–Crippen MR) is 50.0 cm³/mol. The summed E-state index contributed by atoms with van der Waals surface area (Å²) < 4.78 is 0. The highest BCUT2D eigenvalue weighted by Gasteiger charge is 2.13. The maximum atomic E-state index is 5.71. The first-order chi connectivity index (χ1) is 5.33. The summed E-state index contributed by atoms with van der Waals surface area (Å²) in [5, 5.41) is 4.04. The molecule has 0 atom stereocenters. The van der Waals surface area contributed by atoms with Crippen LogP contribution >= 0.6 is 23.2 Å². The maximum absolute atomic E-state index is 5.71. The molecule has 1 rings (SSSR count). The van der Waals surface area contributed by atoms with Crippen LogP contribution in [0.3, 0.4) is 0 Å². The average Bonchev–Trinajstić information content (AvgIpc) is 2.52. The Hall–Kier alpha value is 0.280. The second-order valence-electron chi connectivity index (χ2n) is 2.92. The van der Waals surface area contributed by atoms with Crippen LogP contribution in [-0.2, 0) is 0 Å². The smallest absolute Gasteiger partial charge is 0.0431 e. The fourth-order valence-electron chi connectivity index (χ4n) is 1.41. The molecule has 0 spiro atoms. The van der Waals surface area contributed by atoms with Crippen molar-refractivity contribution in [2.24, 2.45) is 0 Å². The van der Waals surface area contributed by atoms with E-state index in [1.54, 1.807) is 0 Å². The lowest BCUT2D eigenvalue weighted by Gasteiger charge is -2.09. The van der Waals surface area contributed by atoms with E-state index in [0.717, 1.165) is 6.54 Å². The molecule has 1 N–H and O–H groups in total. The van der Waals surface area contributed by atoms with Gasteiger partial charge in [-0.2, -0.15) is 0 Å². The van der Waals surface area contributed by atoms with Gasteiger partial charge in [0.15, 0.2) is 0 Å². The molecule has 1 saturated carbocycles. The Balaban J connectivity index is 2.11. The van der Waals surface area contributed by atoms with Crippen LogP contribution in [0.4, 0.5) is 0 Å². The second-order valence-corrected chi connectivity index (χ2v) is 3.62. The minimum Gasteiger partial charge on any atom is -0.309 e.